The Hall–Kier alpha value is -1.94. The maximum absolute atomic E-state index is 13.6. The van der Waals surface area contributed by atoms with Gasteiger partial charge in [0.1, 0.15) is 11.6 Å². The van der Waals surface area contributed by atoms with Crippen molar-refractivity contribution in [3.05, 3.63) is 54.0 Å². The quantitative estimate of drug-likeness (QED) is 0.904. The van der Waals surface area contributed by atoms with Gasteiger partial charge in [-0.3, -0.25) is 0 Å². The molecule has 2 rings (SSSR count). The number of aliphatic hydroxyl groups is 1. The Morgan fingerprint density at radius 1 is 1.22 bits per heavy atom. The lowest BCUT2D eigenvalue weighted by Gasteiger charge is -2.19. The van der Waals surface area contributed by atoms with Gasteiger partial charge >= 0.3 is 0 Å². The summed E-state index contributed by atoms with van der Waals surface area (Å²) in [5.41, 5.74) is 1.20. The van der Waals surface area contributed by atoms with Crippen molar-refractivity contribution < 1.29 is 9.50 Å². The van der Waals surface area contributed by atoms with Crippen molar-refractivity contribution in [1.29, 1.82) is 0 Å². The largest absolute Gasteiger partial charge is 0.389 e. The third kappa shape index (κ3) is 2.49. The third-order valence-corrected chi connectivity index (χ3v) is 2.81. The fourth-order valence-corrected chi connectivity index (χ4v) is 1.69. The normalized spacial score (nSPS) is 12.2. The van der Waals surface area contributed by atoms with E-state index >= 15 is 0 Å². The number of hydrogen-bond acceptors (Lipinski definition) is 3. The van der Waals surface area contributed by atoms with Crippen LogP contribution in [0.5, 0.6) is 0 Å². The topological polar surface area (TPSA) is 36.4 Å². The number of hydrogen-bond donors (Lipinski definition) is 1. The van der Waals surface area contributed by atoms with E-state index in [0.717, 1.165) is 5.56 Å². The second-order valence-electron chi connectivity index (χ2n) is 4.14. The van der Waals surface area contributed by atoms with Gasteiger partial charge in [0.2, 0.25) is 0 Å². The van der Waals surface area contributed by atoms with Crippen molar-refractivity contribution in [2.24, 2.45) is 0 Å². The molecule has 0 amide bonds. The molecule has 0 saturated carbocycles. The van der Waals surface area contributed by atoms with E-state index in [4.69, 9.17) is 0 Å². The third-order valence-electron chi connectivity index (χ3n) is 2.81. The van der Waals surface area contributed by atoms with E-state index in [1.807, 2.05) is 0 Å². The molecule has 1 N–H and O–H groups in total. The zero-order valence-corrected chi connectivity index (χ0v) is 10.3. The van der Waals surface area contributed by atoms with Crippen LogP contribution in [0.15, 0.2) is 42.6 Å². The Bertz CT molecular complexity index is 526. The molecule has 1 heterocycles. The van der Waals surface area contributed by atoms with Gasteiger partial charge in [-0.25, -0.2) is 9.37 Å². The van der Waals surface area contributed by atoms with Gasteiger partial charge in [-0.05, 0) is 30.7 Å². The summed E-state index contributed by atoms with van der Waals surface area (Å²) in [6, 6.07) is 10.1. The second kappa shape index (κ2) is 5.14. The van der Waals surface area contributed by atoms with Crippen LogP contribution >= 0.6 is 0 Å². The molecule has 18 heavy (non-hydrogen) atoms. The summed E-state index contributed by atoms with van der Waals surface area (Å²) in [4.78, 5) is 5.88. The monoisotopic (exact) mass is 246 g/mol. The fourth-order valence-electron chi connectivity index (χ4n) is 1.69. The molecule has 4 heteroatoms. The highest BCUT2D eigenvalue weighted by Gasteiger charge is 2.10. The molecule has 0 spiro atoms. The number of benzene rings is 1. The molecule has 0 aliphatic heterocycles. The summed E-state index contributed by atoms with van der Waals surface area (Å²) in [5.74, 6) is 0.339. The lowest BCUT2D eigenvalue weighted by Crippen LogP contribution is -2.12. The summed E-state index contributed by atoms with van der Waals surface area (Å²) < 4.78 is 13.6. The number of aromatic nitrogens is 1. The molecule has 0 radical (unpaired) electrons. The Morgan fingerprint density at radius 3 is 2.50 bits per heavy atom. The van der Waals surface area contributed by atoms with Crippen molar-refractivity contribution in [3.8, 4) is 0 Å². The average molecular weight is 246 g/mol. The van der Waals surface area contributed by atoms with Crippen molar-refractivity contribution in [2.75, 3.05) is 11.9 Å². The van der Waals surface area contributed by atoms with Gasteiger partial charge in [0.05, 0.1) is 11.8 Å². The SMILES string of the molecule is CC(O)c1ccc(N(C)c2ccccc2F)nc1. The summed E-state index contributed by atoms with van der Waals surface area (Å²) in [7, 11) is 1.75. The van der Waals surface area contributed by atoms with Crippen LogP contribution in [0.1, 0.15) is 18.6 Å². The zero-order valence-electron chi connectivity index (χ0n) is 10.3. The van der Waals surface area contributed by atoms with Gasteiger partial charge in [0, 0.05) is 13.2 Å². The van der Waals surface area contributed by atoms with Gasteiger partial charge in [0.25, 0.3) is 0 Å². The van der Waals surface area contributed by atoms with Crippen LogP contribution in [-0.4, -0.2) is 17.1 Å². The van der Waals surface area contributed by atoms with Gasteiger partial charge in [-0.1, -0.05) is 18.2 Å². The van der Waals surface area contributed by atoms with E-state index < -0.39 is 6.10 Å². The average Bonchev–Trinajstić information content (AvgIpc) is 2.38. The number of rotatable bonds is 3. The number of para-hydroxylation sites is 1. The Morgan fingerprint density at radius 2 is 1.94 bits per heavy atom. The van der Waals surface area contributed by atoms with Crippen molar-refractivity contribution >= 4 is 11.5 Å². The van der Waals surface area contributed by atoms with Crippen LogP contribution in [0.3, 0.4) is 0 Å². The molecule has 1 aromatic heterocycles. The minimum atomic E-state index is -0.551. The van der Waals surface area contributed by atoms with Crippen LogP contribution in [0.2, 0.25) is 0 Å². The molecule has 0 saturated heterocycles. The first-order valence-electron chi connectivity index (χ1n) is 5.72. The molecular weight excluding hydrogens is 231 g/mol. The smallest absolute Gasteiger partial charge is 0.146 e. The van der Waals surface area contributed by atoms with E-state index in [1.54, 1.807) is 55.4 Å². The Balaban J connectivity index is 2.29. The van der Waals surface area contributed by atoms with Gasteiger partial charge in [-0.2, -0.15) is 0 Å². The van der Waals surface area contributed by atoms with E-state index in [9.17, 15) is 9.50 Å². The predicted molar refractivity (Wildman–Crippen MR) is 69.3 cm³/mol. The number of anilines is 2. The molecule has 1 unspecified atom stereocenters. The molecule has 0 fully saturated rings. The van der Waals surface area contributed by atoms with Crippen LogP contribution in [0, 0.1) is 5.82 Å². The standard InChI is InChI=1S/C14H15FN2O/c1-10(18)11-7-8-14(16-9-11)17(2)13-6-4-3-5-12(13)15/h3-10,18H,1-2H3. The minimum absolute atomic E-state index is 0.290. The number of halogens is 1. The second-order valence-corrected chi connectivity index (χ2v) is 4.14. The van der Waals surface area contributed by atoms with Gasteiger partial charge in [0.15, 0.2) is 0 Å². The summed E-state index contributed by atoms with van der Waals surface area (Å²) in [6.07, 6.45) is 1.04. The van der Waals surface area contributed by atoms with E-state index in [-0.39, 0.29) is 5.82 Å². The van der Waals surface area contributed by atoms with E-state index in [0.29, 0.717) is 11.5 Å². The molecule has 3 nitrogen and oxygen atoms in total. The first kappa shape index (κ1) is 12.5. The molecule has 94 valence electrons. The highest BCUT2D eigenvalue weighted by molar-refractivity contribution is 5.59. The van der Waals surface area contributed by atoms with E-state index in [1.165, 1.54) is 6.07 Å². The maximum atomic E-state index is 13.6. The van der Waals surface area contributed by atoms with Crippen LogP contribution in [-0.2, 0) is 0 Å². The maximum Gasteiger partial charge on any atom is 0.146 e. The number of pyridine rings is 1. The van der Waals surface area contributed by atoms with Gasteiger partial charge in [-0.15, -0.1) is 0 Å². The zero-order chi connectivity index (χ0) is 13.1. The van der Waals surface area contributed by atoms with E-state index in [2.05, 4.69) is 4.98 Å². The molecule has 0 aliphatic carbocycles. The van der Waals surface area contributed by atoms with Crippen LogP contribution in [0.25, 0.3) is 0 Å². The summed E-state index contributed by atoms with van der Waals surface area (Å²) in [5, 5.41) is 9.40. The molecule has 1 atom stereocenters. The van der Waals surface area contributed by atoms with Crippen LogP contribution < -0.4 is 4.90 Å². The first-order valence-corrected chi connectivity index (χ1v) is 5.72. The fraction of sp³-hybridized carbons (Fsp3) is 0.214. The molecule has 0 bridgehead atoms. The highest BCUT2D eigenvalue weighted by Crippen LogP contribution is 2.24. The van der Waals surface area contributed by atoms with Crippen molar-refractivity contribution in [2.45, 2.75) is 13.0 Å². The minimum Gasteiger partial charge on any atom is -0.389 e. The van der Waals surface area contributed by atoms with Crippen molar-refractivity contribution in [1.82, 2.24) is 4.98 Å². The summed E-state index contributed by atoms with van der Waals surface area (Å²) in [6.45, 7) is 1.68. The molecule has 1 aromatic carbocycles. The lowest BCUT2D eigenvalue weighted by atomic mass is 10.2. The molecular formula is C14H15FN2O. The predicted octanol–water partition coefficient (Wildman–Crippen LogP) is 3.04. The lowest BCUT2D eigenvalue weighted by molar-refractivity contribution is 0.199. The molecule has 2 aromatic rings. The van der Waals surface area contributed by atoms with Gasteiger partial charge < -0.3 is 10.0 Å². The van der Waals surface area contributed by atoms with Crippen molar-refractivity contribution in [3.63, 3.8) is 0 Å². The Kier molecular flexibility index (Phi) is 3.58. The summed E-state index contributed by atoms with van der Waals surface area (Å²) >= 11 is 0. The highest BCUT2D eigenvalue weighted by atomic mass is 19.1. The van der Waals surface area contributed by atoms with Crippen LogP contribution in [0.4, 0.5) is 15.9 Å². The number of aliphatic hydroxyl groups excluding tert-OH is 1. The number of nitrogens with zero attached hydrogens (tertiary/aromatic N) is 2. The Labute approximate surface area is 106 Å². The first-order chi connectivity index (χ1) is 8.59. The molecule has 0 aliphatic rings.